The molecule has 2 aromatic rings. The lowest BCUT2D eigenvalue weighted by molar-refractivity contribution is -0.899. The van der Waals surface area contributed by atoms with Crippen molar-refractivity contribution in [3.8, 4) is 0 Å². The van der Waals surface area contributed by atoms with Gasteiger partial charge in [-0.2, -0.15) is 0 Å². The third-order valence-electron chi connectivity index (χ3n) is 4.63. The van der Waals surface area contributed by atoms with Gasteiger partial charge >= 0.3 is 5.69 Å². The van der Waals surface area contributed by atoms with Gasteiger partial charge in [0.1, 0.15) is 25.1 Å². The van der Waals surface area contributed by atoms with Gasteiger partial charge in [0.2, 0.25) is 0 Å². The normalized spacial score (nSPS) is 13.1. The third kappa shape index (κ3) is 3.83. The zero-order valence-electron chi connectivity index (χ0n) is 15.6. The predicted octanol–water partition coefficient (Wildman–Crippen LogP) is -2.23. The van der Waals surface area contributed by atoms with Crippen molar-refractivity contribution < 1.29 is 14.7 Å². The fourth-order valence-electron chi connectivity index (χ4n) is 2.91. The summed E-state index contributed by atoms with van der Waals surface area (Å²) in [7, 11) is 4.74. The molecule has 0 unspecified atom stereocenters. The number of quaternary nitrogens is 1. The molecule has 2 aromatic heterocycles. The molecule has 0 aliphatic heterocycles. The number of fused-ring (bicyclic) bond motifs is 1. The van der Waals surface area contributed by atoms with E-state index in [1.807, 2.05) is 0 Å². The Labute approximate surface area is 146 Å². The van der Waals surface area contributed by atoms with E-state index in [1.54, 1.807) is 18.7 Å². The fourth-order valence-corrected chi connectivity index (χ4v) is 2.91. The summed E-state index contributed by atoms with van der Waals surface area (Å²) in [5, 5.41) is 10.1. The minimum Gasteiger partial charge on any atom is -0.385 e. The zero-order valence-corrected chi connectivity index (χ0v) is 15.6. The Bertz CT molecular complexity index is 847. The second-order valence-electron chi connectivity index (χ2n) is 6.30. The van der Waals surface area contributed by atoms with Crippen LogP contribution in [0.1, 0.15) is 19.7 Å². The van der Waals surface area contributed by atoms with E-state index in [9.17, 15) is 14.7 Å². The lowest BCUT2D eigenvalue weighted by atomic mass is 10.3. The monoisotopic (exact) mass is 354 g/mol. The van der Waals surface area contributed by atoms with Crippen LogP contribution in [0.2, 0.25) is 0 Å². The van der Waals surface area contributed by atoms with Gasteiger partial charge in [-0.1, -0.05) is 0 Å². The van der Waals surface area contributed by atoms with Crippen LogP contribution in [0.5, 0.6) is 0 Å². The molecule has 2 heterocycles. The summed E-state index contributed by atoms with van der Waals surface area (Å²) in [5.41, 5.74) is -0.108. The highest BCUT2D eigenvalue weighted by molar-refractivity contribution is 5.70. The molecule has 0 aromatic carbocycles. The van der Waals surface area contributed by atoms with Crippen molar-refractivity contribution >= 4 is 11.2 Å². The van der Waals surface area contributed by atoms with E-state index in [1.165, 1.54) is 16.5 Å². The fraction of sp³-hybridized carbons (Fsp3) is 0.688. The van der Waals surface area contributed by atoms with E-state index in [2.05, 4.69) is 18.8 Å². The minimum absolute atomic E-state index is 0.160. The van der Waals surface area contributed by atoms with Gasteiger partial charge in [-0.3, -0.25) is 13.9 Å². The maximum absolute atomic E-state index is 12.3. The number of hydrogen-bond donors (Lipinski definition) is 2. The predicted molar refractivity (Wildman–Crippen MR) is 93.8 cm³/mol. The smallest absolute Gasteiger partial charge is 0.332 e. The maximum Gasteiger partial charge on any atom is 0.332 e. The number of nitrogens with one attached hydrogen (secondary N) is 1. The van der Waals surface area contributed by atoms with Gasteiger partial charge in [-0.15, -0.1) is 0 Å². The first-order chi connectivity index (χ1) is 11.8. The molecule has 0 spiro atoms. The van der Waals surface area contributed by atoms with Crippen molar-refractivity contribution in [3.05, 3.63) is 26.7 Å². The summed E-state index contributed by atoms with van der Waals surface area (Å²) in [6.45, 7) is 7.06. The largest absolute Gasteiger partial charge is 0.385 e. The number of imidazole rings is 1. The highest BCUT2D eigenvalue weighted by Gasteiger charge is 2.18. The Balaban J connectivity index is 2.14. The van der Waals surface area contributed by atoms with E-state index in [4.69, 9.17) is 4.74 Å². The molecule has 0 radical (unpaired) electrons. The number of aliphatic hydroxyl groups excluding tert-OH is 1. The van der Waals surface area contributed by atoms with Gasteiger partial charge in [0.25, 0.3) is 5.56 Å². The lowest BCUT2D eigenvalue weighted by Gasteiger charge is -2.19. The first-order valence-corrected chi connectivity index (χ1v) is 8.52. The quantitative estimate of drug-likeness (QED) is 0.560. The van der Waals surface area contributed by atoms with Crippen LogP contribution in [0, 0.1) is 0 Å². The van der Waals surface area contributed by atoms with E-state index < -0.39 is 11.8 Å². The number of hydrogen-bond acceptors (Lipinski definition) is 5. The molecule has 0 saturated carbocycles. The molecule has 0 bridgehead atoms. The second-order valence-corrected chi connectivity index (χ2v) is 6.30. The van der Waals surface area contributed by atoms with Crippen molar-refractivity contribution in [2.45, 2.75) is 26.6 Å². The highest BCUT2D eigenvalue weighted by atomic mass is 16.5. The van der Waals surface area contributed by atoms with E-state index >= 15 is 0 Å². The molecule has 140 valence electrons. The van der Waals surface area contributed by atoms with Crippen LogP contribution in [-0.2, 0) is 32.5 Å². The average Bonchev–Trinajstić information content (AvgIpc) is 2.93. The standard InChI is InChI=1S/C16H27N5O4/c1-6-21(7-2)8-11(22)9-25-10-12-17-14-13(18(12)3)15(23)20(5)16(24)19(14)4/h11,22H,6-10H2,1-5H3/p+1/t11-/m0/s1. The van der Waals surface area contributed by atoms with Gasteiger partial charge in [-0.05, 0) is 13.8 Å². The molecular weight excluding hydrogens is 326 g/mol. The van der Waals surface area contributed by atoms with Gasteiger partial charge in [0.15, 0.2) is 11.2 Å². The summed E-state index contributed by atoms with van der Waals surface area (Å²) >= 11 is 0. The maximum atomic E-state index is 12.3. The Kier molecular flexibility index (Phi) is 6.15. The summed E-state index contributed by atoms with van der Waals surface area (Å²) in [4.78, 5) is 30.0. The molecule has 9 nitrogen and oxygen atoms in total. The number of ether oxygens (including phenoxy) is 1. The molecule has 2 N–H and O–H groups in total. The summed E-state index contributed by atoms with van der Waals surface area (Å²) < 4.78 is 9.62. The molecule has 0 aliphatic rings. The highest BCUT2D eigenvalue weighted by Crippen LogP contribution is 2.09. The minimum atomic E-state index is -0.554. The number of aromatic nitrogens is 4. The molecule has 0 aliphatic carbocycles. The van der Waals surface area contributed by atoms with E-state index in [0.29, 0.717) is 23.5 Å². The summed E-state index contributed by atoms with van der Waals surface area (Å²) in [6.07, 6.45) is -0.554. The molecule has 25 heavy (non-hydrogen) atoms. The van der Waals surface area contributed by atoms with Crippen molar-refractivity contribution in [3.63, 3.8) is 0 Å². The first kappa shape index (κ1) is 19.4. The molecule has 0 saturated heterocycles. The number of aryl methyl sites for hydroxylation is 2. The second kappa shape index (κ2) is 7.94. The van der Waals surface area contributed by atoms with Gasteiger partial charge < -0.3 is 19.3 Å². The van der Waals surface area contributed by atoms with Crippen molar-refractivity contribution in [2.75, 3.05) is 26.2 Å². The Morgan fingerprint density at radius 1 is 1.12 bits per heavy atom. The lowest BCUT2D eigenvalue weighted by Crippen LogP contribution is -3.12. The SMILES string of the molecule is CC[NH+](CC)C[C@H](O)COCc1nc2c(c(=O)n(C)c(=O)n2C)n1C. The van der Waals surface area contributed by atoms with Gasteiger partial charge in [0, 0.05) is 21.1 Å². The zero-order chi connectivity index (χ0) is 18.7. The van der Waals surface area contributed by atoms with Gasteiger partial charge in [0.05, 0.1) is 19.7 Å². The van der Waals surface area contributed by atoms with Crippen molar-refractivity contribution in [2.24, 2.45) is 21.1 Å². The van der Waals surface area contributed by atoms with Crippen LogP contribution in [0.25, 0.3) is 11.2 Å². The van der Waals surface area contributed by atoms with Crippen molar-refractivity contribution in [1.29, 1.82) is 0 Å². The molecule has 0 fully saturated rings. The Hall–Kier alpha value is -1.97. The molecule has 0 amide bonds. The molecular formula is C16H28N5O4+. The topological polar surface area (TPSA) is 95.7 Å². The van der Waals surface area contributed by atoms with Crippen molar-refractivity contribution in [1.82, 2.24) is 18.7 Å². The van der Waals surface area contributed by atoms with Crippen LogP contribution in [0.15, 0.2) is 9.59 Å². The van der Waals surface area contributed by atoms with E-state index in [-0.39, 0.29) is 18.8 Å². The molecule has 2 rings (SSSR count). The van der Waals surface area contributed by atoms with Crippen LogP contribution >= 0.6 is 0 Å². The molecule has 1 atom stereocenters. The van der Waals surface area contributed by atoms with Crippen LogP contribution < -0.4 is 16.1 Å². The van der Waals surface area contributed by atoms with Gasteiger partial charge in [-0.25, -0.2) is 9.78 Å². The third-order valence-corrected chi connectivity index (χ3v) is 4.63. The number of aliphatic hydroxyl groups is 1. The number of nitrogens with zero attached hydrogens (tertiary/aromatic N) is 4. The van der Waals surface area contributed by atoms with Crippen LogP contribution in [0.4, 0.5) is 0 Å². The average molecular weight is 354 g/mol. The van der Waals surface area contributed by atoms with E-state index in [0.717, 1.165) is 17.7 Å². The Morgan fingerprint density at radius 2 is 1.76 bits per heavy atom. The van der Waals surface area contributed by atoms with Crippen LogP contribution in [-0.4, -0.2) is 56.1 Å². The first-order valence-electron chi connectivity index (χ1n) is 8.52. The Morgan fingerprint density at radius 3 is 2.36 bits per heavy atom. The molecule has 9 heteroatoms. The summed E-state index contributed by atoms with van der Waals surface area (Å²) in [5.74, 6) is 0.538. The number of rotatable bonds is 8. The number of likely N-dealkylation sites (N-methyl/N-ethyl adjacent to an activating group) is 1. The summed E-state index contributed by atoms with van der Waals surface area (Å²) in [6, 6.07) is 0. The van der Waals surface area contributed by atoms with Crippen LogP contribution in [0.3, 0.4) is 0 Å².